The molecule has 1 N–H and O–H groups in total. The van der Waals surface area contributed by atoms with E-state index in [-0.39, 0.29) is 36.9 Å². The number of nitrogens with zero attached hydrogens (tertiary/aromatic N) is 4. The molecule has 182 valence electrons. The van der Waals surface area contributed by atoms with Crippen molar-refractivity contribution in [3.8, 4) is 5.75 Å². The van der Waals surface area contributed by atoms with E-state index < -0.39 is 11.9 Å². The van der Waals surface area contributed by atoms with Gasteiger partial charge in [-0.2, -0.15) is 0 Å². The van der Waals surface area contributed by atoms with Crippen LogP contribution in [-0.2, 0) is 28.3 Å². The van der Waals surface area contributed by atoms with Crippen LogP contribution in [0.1, 0.15) is 73.0 Å². The number of aromatic nitrogens is 3. The summed E-state index contributed by atoms with van der Waals surface area (Å²) in [5.74, 6) is 2.22. The lowest BCUT2D eigenvalue weighted by atomic mass is 9.53. The average molecular weight is 476 g/mol. The van der Waals surface area contributed by atoms with Gasteiger partial charge in [0.1, 0.15) is 24.1 Å². The number of hydrogen-bond acceptors (Lipinski definition) is 6. The molecule has 9 nitrogen and oxygen atoms in total. The molecule has 1 aromatic carbocycles. The first-order valence-electron chi connectivity index (χ1n) is 12.8. The van der Waals surface area contributed by atoms with Crippen LogP contribution in [0.4, 0.5) is 0 Å². The lowest BCUT2D eigenvalue weighted by molar-refractivity contribution is -0.136. The molecule has 1 aromatic heterocycles. The van der Waals surface area contributed by atoms with Crippen molar-refractivity contribution >= 4 is 17.7 Å². The van der Waals surface area contributed by atoms with Crippen LogP contribution in [0.25, 0.3) is 0 Å². The Balaban J connectivity index is 1.07. The predicted molar refractivity (Wildman–Crippen MR) is 123 cm³/mol. The molecule has 4 aliphatic carbocycles. The Morgan fingerprint density at radius 1 is 1.06 bits per heavy atom. The fourth-order valence-electron chi connectivity index (χ4n) is 7.79. The molecule has 1 saturated heterocycles. The number of benzene rings is 1. The molecule has 2 aromatic rings. The second-order valence-electron chi connectivity index (χ2n) is 11.3. The molecule has 5 fully saturated rings. The molecule has 8 rings (SSSR count). The molecular weight excluding hydrogens is 446 g/mol. The molecule has 9 heteroatoms. The molecule has 0 radical (unpaired) electrons. The summed E-state index contributed by atoms with van der Waals surface area (Å²) in [6, 6.07) is 4.77. The molecule has 3 heterocycles. The van der Waals surface area contributed by atoms with Crippen molar-refractivity contribution in [1.82, 2.24) is 25.2 Å². The molecular formula is C26H29N5O4. The van der Waals surface area contributed by atoms with Crippen LogP contribution in [0, 0.1) is 17.8 Å². The summed E-state index contributed by atoms with van der Waals surface area (Å²) in [6.45, 7) is 0.562. The van der Waals surface area contributed by atoms with Gasteiger partial charge in [0.25, 0.3) is 5.91 Å². The topological polar surface area (TPSA) is 106 Å². The van der Waals surface area contributed by atoms with Gasteiger partial charge in [-0.15, -0.1) is 5.10 Å². The third-order valence-electron chi connectivity index (χ3n) is 8.95. The van der Waals surface area contributed by atoms with E-state index in [9.17, 15) is 14.4 Å². The second kappa shape index (κ2) is 7.63. The average Bonchev–Trinajstić information content (AvgIpc) is 3.43. The Labute approximate surface area is 203 Å². The Morgan fingerprint density at radius 3 is 2.51 bits per heavy atom. The fraction of sp³-hybridized carbons (Fsp3) is 0.577. The smallest absolute Gasteiger partial charge is 0.255 e. The molecule has 3 amide bonds. The van der Waals surface area contributed by atoms with Crippen LogP contribution in [0.5, 0.6) is 5.75 Å². The number of hydrogen-bond donors (Lipinski definition) is 1. The Morgan fingerprint density at radius 2 is 1.80 bits per heavy atom. The van der Waals surface area contributed by atoms with Crippen molar-refractivity contribution < 1.29 is 19.1 Å². The lowest BCUT2D eigenvalue weighted by Crippen LogP contribution is -2.52. The van der Waals surface area contributed by atoms with Crippen LogP contribution >= 0.6 is 0 Å². The first kappa shape index (κ1) is 21.1. The van der Waals surface area contributed by atoms with Crippen molar-refractivity contribution in [2.75, 3.05) is 0 Å². The van der Waals surface area contributed by atoms with Crippen LogP contribution in [0.3, 0.4) is 0 Å². The van der Waals surface area contributed by atoms with Gasteiger partial charge in [0, 0.05) is 17.5 Å². The number of amides is 3. The fourth-order valence-corrected chi connectivity index (χ4v) is 7.79. The van der Waals surface area contributed by atoms with Crippen LogP contribution < -0.4 is 10.1 Å². The molecule has 1 unspecified atom stereocenters. The van der Waals surface area contributed by atoms with Gasteiger partial charge in [-0.3, -0.25) is 19.7 Å². The number of fused-ring (bicyclic) bond motifs is 1. The summed E-state index contributed by atoms with van der Waals surface area (Å²) in [4.78, 5) is 38.4. The molecule has 1 atom stereocenters. The largest absolute Gasteiger partial charge is 0.487 e. The van der Waals surface area contributed by atoms with Crippen molar-refractivity contribution in [2.45, 2.75) is 76.1 Å². The van der Waals surface area contributed by atoms with Gasteiger partial charge in [0.2, 0.25) is 11.8 Å². The molecule has 4 saturated carbocycles. The first-order valence-corrected chi connectivity index (χ1v) is 12.8. The number of ether oxygens (including phenoxy) is 1. The van der Waals surface area contributed by atoms with Crippen LogP contribution in [-0.4, -0.2) is 43.7 Å². The van der Waals surface area contributed by atoms with E-state index in [0.717, 1.165) is 29.0 Å². The molecule has 2 aliphatic heterocycles. The quantitative estimate of drug-likeness (QED) is 0.666. The highest BCUT2D eigenvalue weighted by Gasteiger charge is 2.52. The summed E-state index contributed by atoms with van der Waals surface area (Å²) < 4.78 is 8.27. The summed E-state index contributed by atoms with van der Waals surface area (Å²) >= 11 is 0. The zero-order valence-electron chi connectivity index (χ0n) is 19.6. The Bertz CT molecular complexity index is 1200. The van der Waals surface area contributed by atoms with Crippen LogP contribution in [0.2, 0.25) is 0 Å². The van der Waals surface area contributed by atoms with Crippen molar-refractivity contribution in [3.05, 3.63) is 41.2 Å². The Kier molecular flexibility index (Phi) is 4.60. The standard InChI is InChI=1S/C26H29N5O4/c32-23-5-4-21(24(33)27-23)30-13-20-19(25(30)34)2-1-3-22(20)35-14-18-12-31(29-28-18)26-9-15-6-16(10-26)8-17(7-15)11-26/h1-3,12,15-17,21H,4-11,13-14H2,(H,27,32,33). The maximum Gasteiger partial charge on any atom is 0.255 e. The van der Waals surface area contributed by atoms with Gasteiger partial charge >= 0.3 is 0 Å². The SMILES string of the molecule is O=C1CCC(N2Cc3c(OCc4cn(C56CC7CC(CC(C7)C5)C6)nn4)cccc3C2=O)C(=O)N1. The molecule has 35 heavy (non-hydrogen) atoms. The van der Waals surface area contributed by atoms with E-state index >= 15 is 0 Å². The van der Waals surface area contributed by atoms with E-state index in [4.69, 9.17) is 4.74 Å². The summed E-state index contributed by atoms with van der Waals surface area (Å²) in [6.07, 6.45) is 10.4. The van der Waals surface area contributed by atoms with Gasteiger partial charge in [0.15, 0.2) is 0 Å². The van der Waals surface area contributed by atoms with E-state index in [0.29, 0.717) is 17.7 Å². The van der Waals surface area contributed by atoms with Crippen molar-refractivity contribution in [1.29, 1.82) is 0 Å². The van der Waals surface area contributed by atoms with Crippen molar-refractivity contribution in [3.63, 3.8) is 0 Å². The summed E-state index contributed by atoms with van der Waals surface area (Å²) in [7, 11) is 0. The third-order valence-corrected chi connectivity index (χ3v) is 8.95. The normalized spacial score (nSPS) is 33.3. The highest BCUT2D eigenvalue weighted by atomic mass is 16.5. The minimum atomic E-state index is -0.638. The van der Waals surface area contributed by atoms with E-state index in [1.54, 1.807) is 17.0 Å². The van der Waals surface area contributed by atoms with Gasteiger partial charge in [-0.25, -0.2) is 4.68 Å². The van der Waals surface area contributed by atoms with Gasteiger partial charge < -0.3 is 9.64 Å². The maximum atomic E-state index is 13.0. The minimum Gasteiger partial charge on any atom is -0.487 e. The Hall–Kier alpha value is -3.23. The third kappa shape index (κ3) is 3.38. The highest BCUT2D eigenvalue weighted by Crippen LogP contribution is 2.58. The highest BCUT2D eigenvalue weighted by molar-refractivity contribution is 6.05. The number of imide groups is 1. The number of nitrogens with one attached hydrogen (secondary N) is 1. The minimum absolute atomic E-state index is 0.128. The number of piperidine rings is 1. The van der Waals surface area contributed by atoms with Crippen molar-refractivity contribution in [2.24, 2.45) is 17.8 Å². The maximum absolute atomic E-state index is 13.0. The first-order chi connectivity index (χ1) is 17.0. The van der Waals surface area contributed by atoms with Gasteiger partial charge in [0.05, 0.1) is 18.3 Å². The van der Waals surface area contributed by atoms with E-state index in [1.807, 2.05) is 6.07 Å². The van der Waals surface area contributed by atoms with E-state index in [1.165, 1.54) is 38.5 Å². The number of carbonyl (C=O) groups excluding carboxylic acids is 3. The van der Waals surface area contributed by atoms with Gasteiger partial charge in [-0.1, -0.05) is 11.3 Å². The molecule has 6 aliphatic rings. The van der Waals surface area contributed by atoms with Gasteiger partial charge in [-0.05, 0) is 74.8 Å². The number of rotatable bonds is 5. The zero-order valence-corrected chi connectivity index (χ0v) is 19.6. The number of carbonyl (C=O) groups is 3. The van der Waals surface area contributed by atoms with Crippen LogP contribution in [0.15, 0.2) is 24.4 Å². The molecule has 4 bridgehead atoms. The lowest BCUT2D eigenvalue weighted by Gasteiger charge is -2.56. The second-order valence-corrected chi connectivity index (χ2v) is 11.3. The van der Waals surface area contributed by atoms with E-state index in [2.05, 4.69) is 26.5 Å². The summed E-state index contributed by atoms with van der Waals surface area (Å²) in [5.41, 5.74) is 2.23. The monoisotopic (exact) mass is 475 g/mol. The zero-order chi connectivity index (χ0) is 23.7. The molecule has 0 spiro atoms. The summed E-state index contributed by atoms with van der Waals surface area (Å²) in [5, 5.41) is 11.3. The predicted octanol–water partition coefficient (Wildman–Crippen LogP) is 2.54.